The molecule has 4 rings (SSSR count). The summed E-state index contributed by atoms with van der Waals surface area (Å²) in [7, 11) is 0. The Morgan fingerprint density at radius 3 is 2.50 bits per heavy atom. The number of carbonyl (C=O) groups is 1. The highest BCUT2D eigenvalue weighted by molar-refractivity contribution is 5.99. The van der Waals surface area contributed by atoms with Gasteiger partial charge in [0.15, 0.2) is 0 Å². The number of nitrogens with zero attached hydrogens (tertiary/aromatic N) is 2. The molecule has 4 heteroatoms. The van der Waals surface area contributed by atoms with E-state index < -0.39 is 0 Å². The third-order valence-electron chi connectivity index (χ3n) is 4.68. The Labute approximate surface area is 141 Å². The molecule has 1 aliphatic rings. The quantitative estimate of drug-likeness (QED) is 0.800. The van der Waals surface area contributed by atoms with Gasteiger partial charge in [-0.05, 0) is 12.0 Å². The fraction of sp³-hybridized carbons (Fsp3) is 0.200. The van der Waals surface area contributed by atoms with Crippen molar-refractivity contribution in [2.45, 2.75) is 12.3 Å². The average Bonchev–Trinajstić information content (AvgIpc) is 3.32. The van der Waals surface area contributed by atoms with E-state index in [-0.39, 0.29) is 5.91 Å². The monoisotopic (exact) mass is 317 g/mol. The summed E-state index contributed by atoms with van der Waals surface area (Å²) in [5, 5.41) is 7.07. The van der Waals surface area contributed by atoms with Crippen LogP contribution in [0.5, 0.6) is 0 Å². The van der Waals surface area contributed by atoms with Crippen LogP contribution in [0, 0.1) is 0 Å². The number of aromatic amines is 1. The molecule has 0 bridgehead atoms. The molecule has 4 nitrogen and oxygen atoms in total. The molecule has 1 unspecified atom stereocenters. The van der Waals surface area contributed by atoms with Crippen LogP contribution >= 0.6 is 0 Å². The van der Waals surface area contributed by atoms with Gasteiger partial charge in [0.2, 0.25) is 0 Å². The zero-order chi connectivity index (χ0) is 16.4. The Kier molecular flexibility index (Phi) is 3.87. The first-order valence-corrected chi connectivity index (χ1v) is 8.26. The van der Waals surface area contributed by atoms with Crippen molar-refractivity contribution in [3.8, 4) is 11.3 Å². The maximum Gasteiger partial charge on any atom is 0.257 e. The molecule has 0 aliphatic carbocycles. The maximum atomic E-state index is 12.9. The summed E-state index contributed by atoms with van der Waals surface area (Å²) < 4.78 is 0. The average molecular weight is 317 g/mol. The highest BCUT2D eigenvalue weighted by Crippen LogP contribution is 2.29. The van der Waals surface area contributed by atoms with Gasteiger partial charge in [-0.3, -0.25) is 9.89 Å². The minimum Gasteiger partial charge on any atom is -0.338 e. The van der Waals surface area contributed by atoms with Crippen LogP contribution in [-0.4, -0.2) is 34.1 Å². The van der Waals surface area contributed by atoms with Gasteiger partial charge in [0.25, 0.3) is 5.91 Å². The number of carbonyl (C=O) groups excluding carboxylic acids is 1. The van der Waals surface area contributed by atoms with E-state index in [1.807, 2.05) is 41.3 Å². The van der Waals surface area contributed by atoms with Gasteiger partial charge in [-0.2, -0.15) is 5.10 Å². The third kappa shape index (κ3) is 2.71. The van der Waals surface area contributed by atoms with E-state index in [9.17, 15) is 4.79 Å². The number of amides is 1. The molecule has 2 aromatic carbocycles. The zero-order valence-electron chi connectivity index (χ0n) is 13.4. The normalized spacial score (nSPS) is 17.2. The number of benzene rings is 2. The molecule has 0 spiro atoms. The van der Waals surface area contributed by atoms with Crippen molar-refractivity contribution in [1.29, 1.82) is 0 Å². The van der Waals surface area contributed by atoms with E-state index in [4.69, 9.17) is 0 Å². The molecule has 1 N–H and O–H groups in total. The lowest BCUT2D eigenvalue weighted by Crippen LogP contribution is -2.28. The summed E-state index contributed by atoms with van der Waals surface area (Å²) in [5.74, 6) is 0.475. The van der Waals surface area contributed by atoms with Crippen molar-refractivity contribution >= 4 is 5.91 Å². The second-order valence-electron chi connectivity index (χ2n) is 6.17. The van der Waals surface area contributed by atoms with Gasteiger partial charge in [0, 0.05) is 24.6 Å². The second kappa shape index (κ2) is 6.32. The van der Waals surface area contributed by atoms with Crippen LogP contribution in [0.2, 0.25) is 0 Å². The van der Waals surface area contributed by atoms with Crippen LogP contribution in [-0.2, 0) is 0 Å². The molecule has 1 amide bonds. The number of likely N-dealkylation sites (tertiary alicyclic amines) is 1. The van der Waals surface area contributed by atoms with Crippen molar-refractivity contribution in [3.05, 3.63) is 78.0 Å². The summed E-state index contributed by atoms with van der Waals surface area (Å²) in [5.41, 5.74) is 3.74. The molecule has 2 heterocycles. The van der Waals surface area contributed by atoms with Crippen molar-refractivity contribution in [2.24, 2.45) is 0 Å². The number of hydrogen-bond donors (Lipinski definition) is 1. The molecule has 1 aliphatic heterocycles. The van der Waals surface area contributed by atoms with Gasteiger partial charge in [-0.15, -0.1) is 0 Å². The van der Waals surface area contributed by atoms with Gasteiger partial charge in [-0.25, -0.2) is 0 Å². The maximum absolute atomic E-state index is 12.9. The smallest absolute Gasteiger partial charge is 0.257 e. The van der Waals surface area contributed by atoms with Gasteiger partial charge in [0.1, 0.15) is 0 Å². The predicted octanol–water partition coefficient (Wildman–Crippen LogP) is 3.71. The van der Waals surface area contributed by atoms with Crippen LogP contribution in [0.1, 0.15) is 28.3 Å². The largest absolute Gasteiger partial charge is 0.338 e. The topological polar surface area (TPSA) is 49.0 Å². The molecule has 24 heavy (non-hydrogen) atoms. The third-order valence-corrected chi connectivity index (χ3v) is 4.68. The Bertz CT molecular complexity index is 826. The SMILES string of the molecule is O=C(c1cn[nH]c1-c1ccccc1)N1CCC(c2ccccc2)C1. The number of hydrogen-bond acceptors (Lipinski definition) is 2. The van der Waals surface area contributed by atoms with Crippen molar-refractivity contribution in [2.75, 3.05) is 13.1 Å². The van der Waals surface area contributed by atoms with E-state index in [1.54, 1.807) is 6.20 Å². The second-order valence-corrected chi connectivity index (χ2v) is 6.17. The molecule has 3 aromatic rings. The molecule has 1 aromatic heterocycles. The fourth-order valence-corrected chi connectivity index (χ4v) is 3.39. The number of aromatic nitrogens is 2. The van der Waals surface area contributed by atoms with Crippen LogP contribution in [0.25, 0.3) is 11.3 Å². The van der Waals surface area contributed by atoms with Crippen LogP contribution < -0.4 is 0 Å². The Morgan fingerprint density at radius 2 is 1.75 bits per heavy atom. The fourth-order valence-electron chi connectivity index (χ4n) is 3.39. The molecular weight excluding hydrogens is 298 g/mol. The van der Waals surface area contributed by atoms with Crippen LogP contribution in [0.15, 0.2) is 66.9 Å². The minimum atomic E-state index is 0.0565. The van der Waals surface area contributed by atoms with Gasteiger partial charge in [0.05, 0.1) is 17.5 Å². The lowest BCUT2D eigenvalue weighted by atomic mass is 9.99. The minimum absolute atomic E-state index is 0.0565. The van der Waals surface area contributed by atoms with E-state index in [2.05, 4.69) is 34.5 Å². The number of nitrogens with one attached hydrogen (secondary N) is 1. The number of H-pyrrole nitrogens is 1. The molecule has 0 saturated carbocycles. The summed E-state index contributed by atoms with van der Waals surface area (Å²) in [6, 6.07) is 20.3. The van der Waals surface area contributed by atoms with E-state index in [0.29, 0.717) is 11.5 Å². The lowest BCUT2D eigenvalue weighted by molar-refractivity contribution is 0.0791. The molecule has 120 valence electrons. The first-order chi connectivity index (χ1) is 11.8. The van der Waals surface area contributed by atoms with Crippen molar-refractivity contribution < 1.29 is 4.79 Å². The zero-order valence-corrected chi connectivity index (χ0v) is 13.4. The van der Waals surface area contributed by atoms with Gasteiger partial charge < -0.3 is 4.90 Å². The Hall–Kier alpha value is -2.88. The summed E-state index contributed by atoms with van der Waals surface area (Å²) in [6.45, 7) is 1.56. The van der Waals surface area contributed by atoms with Gasteiger partial charge >= 0.3 is 0 Å². The van der Waals surface area contributed by atoms with E-state index >= 15 is 0 Å². The highest BCUT2D eigenvalue weighted by atomic mass is 16.2. The molecule has 1 saturated heterocycles. The predicted molar refractivity (Wildman–Crippen MR) is 93.7 cm³/mol. The van der Waals surface area contributed by atoms with Gasteiger partial charge in [-0.1, -0.05) is 60.7 Å². The number of rotatable bonds is 3. The summed E-state index contributed by atoms with van der Waals surface area (Å²) >= 11 is 0. The lowest BCUT2D eigenvalue weighted by Gasteiger charge is -2.17. The Morgan fingerprint density at radius 1 is 1.04 bits per heavy atom. The van der Waals surface area contributed by atoms with E-state index in [1.165, 1.54) is 5.56 Å². The van der Waals surface area contributed by atoms with Crippen molar-refractivity contribution in [3.63, 3.8) is 0 Å². The first kappa shape index (κ1) is 14.7. The Balaban J connectivity index is 1.55. The standard InChI is InChI=1S/C20H19N3O/c24-20(18-13-21-22-19(18)16-9-5-2-6-10-16)23-12-11-17(14-23)15-7-3-1-4-8-15/h1-10,13,17H,11-12,14H2,(H,21,22). The summed E-state index contributed by atoms with van der Waals surface area (Å²) in [6.07, 6.45) is 2.65. The molecule has 0 radical (unpaired) electrons. The molecular formula is C20H19N3O. The highest BCUT2D eigenvalue weighted by Gasteiger charge is 2.29. The van der Waals surface area contributed by atoms with Crippen LogP contribution in [0.3, 0.4) is 0 Å². The molecule has 1 fully saturated rings. The van der Waals surface area contributed by atoms with Crippen LogP contribution in [0.4, 0.5) is 0 Å². The molecule has 1 atom stereocenters. The first-order valence-electron chi connectivity index (χ1n) is 8.26. The van der Waals surface area contributed by atoms with Crippen molar-refractivity contribution in [1.82, 2.24) is 15.1 Å². The summed E-state index contributed by atoms with van der Waals surface area (Å²) in [4.78, 5) is 14.9. The van der Waals surface area contributed by atoms with E-state index in [0.717, 1.165) is 30.8 Å².